The number of hydrogen-bond acceptors (Lipinski definition) is 2. The monoisotopic (exact) mass is 328 g/mol. The van der Waals surface area contributed by atoms with E-state index in [9.17, 15) is 22.0 Å². The molecule has 0 bridgehead atoms. The highest BCUT2D eigenvalue weighted by molar-refractivity contribution is 5.81. The van der Waals surface area contributed by atoms with Crippen LogP contribution in [0.5, 0.6) is 0 Å². The Morgan fingerprint density at radius 3 is 1.96 bits per heavy atom. The molecule has 7 heteroatoms. The van der Waals surface area contributed by atoms with E-state index in [0.717, 1.165) is 23.5 Å². The van der Waals surface area contributed by atoms with Gasteiger partial charge in [-0.3, -0.25) is 0 Å². The Kier molecular flexibility index (Phi) is 3.46. The van der Waals surface area contributed by atoms with E-state index < -0.39 is 17.7 Å². The maximum Gasteiger partial charge on any atom is 0.458 e. The van der Waals surface area contributed by atoms with Crippen LogP contribution in [0.15, 0.2) is 48.5 Å². The molecule has 1 aliphatic heterocycles. The molecule has 0 aromatic heterocycles. The van der Waals surface area contributed by atoms with Gasteiger partial charge >= 0.3 is 12.1 Å². The van der Waals surface area contributed by atoms with Gasteiger partial charge in [0.2, 0.25) is 0 Å². The minimum Gasteiger partial charge on any atom is -0.355 e. The van der Waals surface area contributed by atoms with Gasteiger partial charge in [-0.25, -0.2) is 0 Å². The van der Waals surface area contributed by atoms with E-state index in [-0.39, 0.29) is 0 Å². The Labute approximate surface area is 129 Å². The maximum atomic E-state index is 13.3. The summed E-state index contributed by atoms with van der Waals surface area (Å²) in [6.45, 7) is 0.494. The molecular formula is C16H13F5N2. The fourth-order valence-electron chi connectivity index (χ4n) is 2.61. The van der Waals surface area contributed by atoms with Crippen LogP contribution in [0.1, 0.15) is 5.56 Å². The first-order valence-corrected chi connectivity index (χ1v) is 6.84. The van der Waals surface area contributed by atoms with Crippen LogP contribution in [0.4, 0.5) is 39.0 Å². The minimum atomic E-state index is -5.60. The number of anilines is 3. The molecule has 2 nitrogen and oxygen atoms in total. The fourth-order valence-corrected chi connectivity index (χ4v) is 2.61. The molecule has 0 saturated heterocycles. The van der Waals surface area contributed by atoms with Crippen LogP contribution in [0, 0.1) is 0 Å². The minimum absolute atomic E-state index is 0.494. The fraction of sp³-hybridized carbons (Fsp3) is 0.250. The molecule has 122 valence electrons. The van der Waals surface area contributed by atoms with E-state index in [4.69, 9.17) is 0 Å². The second kappa shape index (κ2) is 5.11. The van der Waals surface area contributed by atoms with Gasteiger partial charge in [0, 0.05) is 18.3 Å². The zero-order chi connectivity index (χ0) is 16.8. The van der Waals surface area contributed by atoms with E-state index in [0.29, 0.717) is 12.4 Å². The maximum absolute atomic E-state index is 13.3. The number of rotatable bonds is 2. The van der Waals surface area contributed by atoms with Crippen LogP contribution in [0.25, 0.3) is 0 Å². The summed E-state index contributed by atoms with van der Waals surface area (Å²) < 4.78 is 63.9. The molecule has 0 N–H and O–H groups in total. The highest BCUT2D eigenvalue weighted by atomic mass is 19.4. The zero-order valence-electron chi connectivity index (χ0n) is 12.1. The molecular weight excluding hydrogens is 315 g/mol. The summed E-state index contributed by atoms with van der Waals surface area (Å²) in [5.74, 6) is -4.86. The number of halogens is 5. The highest BCUT2D eigenvalue weighted by Gasteiger charge is 2.58. The van der Waals surface area contributed by atoms with Crippen molar-refractivity contribution in [3.8, 4) is 0 Å². The van der Waals surface area contributed by atoms with Crippen LogP contribution in [-0.4, -0.2) is 19.9 Å². The Morgan fingerprint density at radius 1 is 0.826 bits per heavy atom. The second-order valence-electron chi connectivity index (χ2n) is 5.38. The molecule has 3 rings (SSSR count). The van der Waals surface area contributed by atoms with Gasteiger partial charge in [0.1, 0.15) is 0 Å². The summed E-state index contributed by atoms with van der Waals surface area (Å²) in [5.41, 5.74) is 1.35. The summed E-state index contributed by atoms with van der Waals surface area (Å²) in [6, 6.07) is 11.7. The molecule has 2 aromatic rings. The summed E-state index contributed by atoms with van der Waals surface area (Å²) in [4.78, 5) is 3.82. The number of nitrogens with zero attached hydrogens (tertiary/aromatic N) is 2. The third kappa shape index (κ3) is 2.50. The Morgan fingerprint density at radius 2 is 1.39 bits per heavy atom. The predicted molar refractivity (Wildman–Crippen MR) is 78.2 cm³/mol. The molecule has 0 spiro atoms. The van der Waals surface area contributed by atoms with Crippen molar-refractivity contribution >= 4 is 17.1 Å². The summed E-state index contributed by atoms with van der Waals surface area (Å²) in [5, 5.41) is 0. The molecule has 0 saturated carbocycles. The number of fused-ring (bicyclic) bond motifs is 1. The zero-order valence-corrected chi connectivity index (χ0v) is 12.1. The van der Waals surface area contributed by atoms with E-state index in [1.807, 2.05) is 41.1 Å². The first-order chi connectivity index (χ1) is 10.7. The number of alkyl halides is 5. The molecule has 0 radical (unpaired) electrons. The lowest BCUT2D eigenvalue weighted by Crippen LogP contribution is -2.33. The summed E-state index contributed by atoms with van der Waals surface area (Å²) >= 11 is 0. The SMILES string of the molecule is CN1CN(c2ccc(C(F)(F)C(F)(F)F)cc2)c2ccccc21. The average molecular weight is 328 g/mol. The standard InChI is InChI=1S/C16H13F5N2/c1-22-10-23(14-5-3-2-4-13(14)22)12-8-6-11(7-9-12)15(17,18)16(19,20)21/h2-9H,10H2,1H3. The van der Waals surface area contributed by atoms with Crippen molar-refractivity contribution in [1.29, 1.82) is 0 Å². The number of benzene rings is 2. The second-order valence-corrected chi connectivity index (χ2v) is 5.38. The largest absolute Gasteiger partial charge is 0.458 e. The first-order valence-electron chi connectivity index (χ1n) is 6.84. The Balaban J connectivity index is 1.93. The quantitative estimate of drug-likeness (QED) is 0.725. The van der Waals surface area contributed by atoms with Crippen molar-refractivity contribution < 1.29 is 22.0 Å². The lowest BCUT2D eigenvalue weighted by Gasteiger charge is -2.22. The molecule has 0 aliphatic carbocycles. The number of hydrogen-bond donors (Lipinski definition) is 0. The molecule has 23 heavy (non-hydrogen) atoms. The molecule has 1 heterocycles. The molecule has 0 amide bonds. The Bertz CT molecular complexity index is 709. The van der Waals surface area contributed by atoms with E-state index in [2.05, 4.69) is 0 Å². The van der Waals surface area contributed by atoms with Gasteiger partial charge < -0.3 is 9.80 Å². The van der Waals surface area contributed by atoms with Crippen molar-refractivity contribution in [3.63, 3.8) is 0 Å². The summed E-state index contributed by atoms with van der Waals surface area (Å²) in [6.07, 6.45) is -5.60. The number of para-hydroxylation sites is 2. The molecule has 2 aromatic carbocycles. The van der Waals surface area contributed by atoms with E-state index >= 15 is 0 Å². The highest BCUT2D eigenvalue weighted by Crippen LogP contribution is 2.45. The van der Waals surface area contributed by atoms with Crippen molar-refractivity contribution in [2.24, 2.45) is 0 Å². The van der Waals surface area contributed by atoms with Gasteiger partial charge in [-0.1, -0.05) is 24.3 Å². The topological polar surface area (TPSA) is 6.48 Å². The molecule has 0 unspecified atom stereocenters. The lowest BCUT2D eigenvalue weighted by molar-refractivity contribution is -0.289. The third-order valence-corrected chi connectivity index (χ3v) is 3.83. The van der Waals surface area contributed by atoms with Gasteiger partial charge in [-0.15, -0.1) is 0 Å². The van der Waals surface area contributed by atoms with Crippen LogP contribution in [0.2, 0.25) is 0 Å². The normalized spacial score (nSPS) is 15.0. The van der Waals surface area contributed by atoms with Crippen LogP contribution < -0.4 is 9.80 Å². The first kappa shape index (κ1) is 15.6. The van der Waals surface area contributed by atoms with Gasteiger partial charge in [0.15, 0.2) is 0 Å². The average Bonchev–Trinajstić information content (AvgIpc) is 2.84. The van der Waals surface area contributed by atoms with E-state index in [1.54, 1.807) is 0 Å². The van der Waals surface area contributed by atoms with Gasteiger partial charge in [-0.05, 0) is 24.3 Å². The van der Waals surface area contributed by atoms with Crippen molar-refractivity contribution in [3.05, 3.63) is 54.1 Å². The molecule has 1 aliphatic rings. The molecule has 0 atom stereocenters. The van der Waals surface area contributed by atoms with Gasteiger partial charge in [0.05, 0.1) is 18.0 Å². The smallest absolute Gasteiger partial charge is 0.355 e. The van der Waals surface area contributed by atoms with Crippen molar-refractivity contribution in [2.45, 2.75) is 12.1 Å². The summed E-state index contributed by atoms with van der Waals surface area (Å²) in [7, 11) is 1.88. The third-order valence-electron chi connectivity index (χ3n) is 3.83. The Hall–Kier alpha value is -2.31. The van der Waals surface area contributed by atoms with Crippen molar-refractivity contribution in [1.82, 2.24) is 0 Å². The van der Waals surface area contributed by atoms with Crippen molar-refractivity contribution in [2.75, 3.05) is 23.5 Å². The predicted octanol–water partition coefficient (Wildman–Crippen LogP) is 4.89. The van der Waals surface area contributed by atoms with Crippen LogP contribution in [-0.2, 0) is 5.92 Å². The van der Waals surface area contributed by atoms with Gasteiger partial charge in [0.25, 0.3) is 0 Å². The van der Waals surface area contributed by atoms with E-state index in [1.165, 1.54) is 12.1 Å². The van der Waals surface area contributed by atoms with Crippen LogP contribution >= 0.6 is 0 Å². The lowest BCUT2D eigenvalue weighted by atomic mass is 10.1. The van der Waals surface area contributed by atoms with Gasteiger partial charge in [-0.2, -0.15) is 22.0 Å². The van der Waals surface area contributed by atoms with Crippen LogP contribution in [0.3, 0.4) is 0 Å². The molecule has 0 fully saturated rings.